The molecule has 0 spiro atoms. The molecule has 0 aliphatic carbocycles. The fourth-order valence-corrected chi connectivity index (χ4v) is 1.39. The average Bonchev–Trinajstić information content (AvgIpc) is 3.08. The molecule has 0 aliphatic rings. The molecule has 0 fully saturated rings. The van der Waals surface area contributed by atoms with Gasteiger partial charge in [-0.15, -0.1) is 5.10 Å². The van der Waals surface area contributed by atoms with Crippen LogP contribution in [-0.2, 0) is 22.6 Å². The maximum atomic E-state index is 11.6. The van der Waals surface area contributed by atoms with Crippen molar-refractivity contribution >= 4 is 17.8 Å². The van der Waals surface area contributed by atoms with E-state index in [1.165, 1.54) is 24.3 Å². The monoisotopic (exact) mass is 279 g/mol. The highest BCUT2D eigenvalue weighted by Gasteiger charge is 2.08. The minimum Gasteiger partial charge on any atom is -0.467 e. The molecule has 0 atom stereocenters. The van der Waals surface area contributed by atoms with Crippen LogP contribution in [0.5, 0.6) is 0 Å². The van der Waals surface area contributed by atoms with Crippen molar-refractivity contribution in [1.29, 1.82) is 0 Å². The number of anilines is 1. The zero-order valence-electron chi connectivity index (χ0n) is 10.7. The molecule has 0 radical (unpaired) electrons. The quantitative estimate of drug-likeness (QED) is 0.817. The molecular weight excluding hydrogens is 266 g/mol. The maximum absolute atomic E-state index is 11.6. The molecule has 0 unspecified atom stereocenters. The highest BCUT2D eigenvalue weighted by Crippen LogP contribution is 2.01. The van der Waals surface area contributed by atoms with Crippen molar-refractivity contribution in [2.24, 2.45) is 0 Å². The summed E-state index contributed by atoms with van der Waals surface area (Å²) in [5.74, 6) is 0.608. The van der Waals surface area contributed by atoms with Gasteiger partial charge < -0.3 is 14.5 Å². The van der Waals surface area contributed by atoms with E-state index in [1.807, 2.05) is 0 Å². The number of methoxy groups -OCH3 is 1. The number of carbonyl (C=O) groups is 2. The van der Waals surface area contributed by atoms with Crippen LogP contribution in [0.1, 0.15) is 5.76 Å². The summed E-state index contributed by atoms with van der Waals surface area (Å²) in [5.41, 5.74) is 0. The summed E-state index contributed by atoms with van der Waals surface area (Å²) in [7, 11) is 1.24. The van der Waals surface area contributed by atoms with Crippen LogP contribution in [0.15, 0.2) is 29.0 Å². The van der Waals surface area contributed by atoms with Gasteiger partial charge in [-0.05, 0) is 12.1 Å². The maximum Gasteiger partial charge on any atom is 0.412 e. The zero-order chi connectivity index (χ0) is 14.4. The molecule has 0 aromatic carbocycles. The second-order valence-electron chi connectivity index (χ2n) is 3.77. The summed E-state index contributed by atoms with van der Waals surface area (Å²) >= 11 is 0. The number of furan rings is 1. The minimum atomic E-state index is -0.653. The van der Waals surface area contributed by atoms with Crippen molar-refractivity contribution in [2.75, 3.05) is 12.4 Å². The van der Waals surface area contributed by atoms with Gasteiger partial charge in [-0.1, -0.05) is 5.21 Å². The lowest BCUT2D eigenvalue weighted by Crippen LogP contribution is -2.27. The molecule has 0 saturated heterocycles. The molecule has 9 heteroatoms. The summed E-state index contributed by atoms with van der Waals surface area (Å²) in [6, 6.07) is 3.50. The Hall–Kier alpha value is -2.84. The molecule has 2 amide bonds. The number of ether oxygens (including phenoxy) is 1. The Kier molecular flexibility index (Phi) is 4.32. The van der Waals surface area contributed by atoms with E-state index in [1.54, 1.807) is 12.1 Å². The Bertz CT molecular complexity index is 577. The van der Waals surface area contributed by atoms with Gasteiger partial charge in [-0.3, -0.25) is 10.1 Å². The first-order valence-corrected chi connectivity index (χ1v) is 5.71. The van der Waals surface area contributed by atoms with Gasteiger partial charge in [0, 0.05) is 0 Å². The van der Waals surface area contributed by atoms with E-state index < -0.39 is 6.09 Å². The molecule has 2 heterocycles. The van der Waals surface area contributed by atoms with Crippen LogP contribution in [0.3, 0.4) is 0 Å². The molecular formula is C11H13N5O4. The van der Waals surface area contributed by atoms with Crippen LogP contribution in [0.4, 0.5) is 10.6 Å². The molecule has 0 saturated carbocycles. The Morgan fingerprint density at radius 2 is 2.35 bits per heavy atom. The first-order valence-electron chi connectivity index (χ1n) is 5.71. The number of nitrogens with one attached hydrogen (secondary N) is 2. The standard InChI is InChI=1S/C11H13N5O4/c1-19-11(18)13-9-6-16(15-14-9)7-10(17)12-5-8-3-2-4-20-8/h2-4,6H,5,7H2,1H3,(H,12,17)(H,13,18). The van der Waals surface area contributed by atoms with Gasteiger partial charge in [0.15, 0.2) is 5.82 Å². The third kappa shape index (κ3) is 3.83. The largest absolute Gasteiger partial charge is 0.467 e. The van der Waals surface area contributed by atoms with Crippen LogP contribution in [0.25, 0.3) is 0 Å². The van der Waals surface area contributed by atoms with E-state index >= 15 is 0 Å². The van der Waals surface area contributed by atoms with Crippen molar-refractivity contribution in [3.8, 4) is 0 Å². The van der Waals surface area contributed by atoms with Gasteiger partial charge in [-0.2, -0.15) is 0 Å². The Morgan fingerprint density at radius 3 is 3.05 bits per heavy atom. The minimum absolute atomic E-state index is 0.0173. The summed E-state index contributed by atoms with van der Waals surface area (Å²) in [6.07, 6.45) is 2.30. The zero-order valence-corrected chi connectivity index (χ0v) is 10.7. The Morgan fingerprint density at radius 1 is 1.50 bits per heavy atom. The van der Waals surface area contributed by atoms with Crippen molar-refractivity contribution in [1.82, 2.24) is 20.3 Å². The van der Waals surface area contributed by atoms with Crippen molar-refractivity contribution in [3.63, 3.8) is 0 Å². The number of carbonyl (C=O) groups excluding carboxylic acids is 2. The number of nitrogens with zero attached hydrogens (tertiary/aromatic N) is 3. The number of amides is 2. The summed E-state index contributed by atoms with van der Waals surface area (Å²) in [5, 5.41) is 12.4. The fourth-order valence-electron chi connectivity index (χ4n) is 1.39. The lowest BCUT2D eigenvalue weighted by molar-refractivity contribution is -0.122. The van der Waals surface area contributed by atoms with Gasteiger partial charge in [0.1, 0.15) is 12.3 Å². The van der Waals surface area contributed by atoms with Crippen molar-refractivity contribution in [2.45, 2.75) is 13.1 Å². The first kappa shape index (κ1) is 13.6. The van der Waals surface area contributed by atoms with E-state index in [-0.39, 0.29) is 18.3 Å². The van der Waals surface area contributed by atoms with Gasteiger partial charge in [-0.25, -0.2) is 9.48 Å². The number of hydrogen-bond acceptors (Lipinski definition) is 6. The Labute approximate surface area is 113 Å². The van der Waals surface area contributed by atoms with Crippen LogP contribution in [0, 0.1) is 0 Å². The van der Waals surface area contributed by atoms with E-state index in [2.05, 4.69) is 25.7 Å². The van der Waals surface area contributed by atoms with Crippen LogP contribution >= 0.6 is 0 Å². The predicted molar refractivity (Wildman–Crippen MR) is 66.6 cm³/mol. The van der Waals surface area contributed by atoms with Gasteiger partial charge in [0.2, 0.25) is 5.91 Å². The molecule has 106 valence electrons. The molecule has 2 rings (SSSR count). The van der Waals surface area contributed by atoms with Crippen molar-refractivity contribution in [3.05, 3.63) is 30.4 Å². The lowest BCUT2D eigenvalue weighted by Gasteiger charge is -2.02. The van der Waals surface area contributed by atoms with Crippen molar-refractivity contribution < 1.29 is 18.7 Å². The van der Waals surface area contributed by atoms with E-state index in [0.717, 1.165) is 0 Å². The second-order valence-corrected chi connectivity index (χ2v) is 3.77. The topological polar surface area (TPSA) is 111 Å². The van der Waals surface area contributed by atoms with E-state index in [9.17, 15) is 9.59 Å². The molecule has 9 nitrogen and oxygen atoms in total. The highest BCUT2D eigenvalue weighted by molar-refractivity contribution is 5.82. The molecule has 20 heavy (non-hydrogen) atoms. The van der Waals surface area contributed by atoms with Crippen LogP contribution in [-0.4, -0.2) is 34.1 Å². The van der Waals surface area contributed by atoms with E-state index in [0.29, 0.717) is 12.3 Å². The lowest BCUT2D eigenvalue weighted by atomic mass is 10.4. The van der Waals surface area contributed by atoms with Gasteiger partial charge in [0.05, 0.1) is 26.1 Å². The second kappa shape index (κ2) is 6.36. The van der Waals surface area contributed by atoms with Gasteiger partial charge >= 0.3 is 6.09 Å². The number of hydrogen-bond donors (Lipinski definition) is 2. The highest BCUT2D eigenvalue weighted by atomic mass is 16.5. The van der Waals surface area contributed by atoms with Gasteiger partial charge in [0.25, 0.3) is 0 Å². The first-order chi connectivity index (χ1) is 9.67. The number of rotatable bonds is 5. The summed E-state index contributed by atoms with van der Waals surface area (Å²) < 4.78 is 10.8. The van der Waals surface area contributed by atoms with E-state index in [4.69, 9.17) is 4.42 Å². The molecule has 0 bridgehead atoms. The average molecular weight is 279 g/mol. The third-order valence-corrected chi connectivity index (χ3v) is 2.30. The third-order valence-electron chi connectivity index (χ3n) is 2.30. The Balaban J connectivity index is 1.80. The summed E-state index contributed by atoms with van der Waals surface area (Å²) in [4.78, 5) is 22.6. The normalized spacial score (nSPS) is 10.1. The summed E-state index contributed by atoms with van der Waals surface area (Å²) in [6.45, 7) is 0.282. The smallest absolute Gasteiger partial charge is 0.412 e. The number of aromatic nitrogens is 3. The predicted octanol–water partition coefficient (Wildman–Crippen LogP) is 0.366. The van der Waals surface area contributed by atoms with Crippen LogP contribution in [0.2, 0.25) is 0 Å². The molecule has 2 aromatic heterocycles. The van der Waals surface area contributed by atoms with Crippen LogP contribution < -0.4 is 10.6 Å². The fraction of sp³-hybridized carbons (Fsp3) is 0.273. The SMILES string of the molecule is COC(=O)Nc1cn(CC(=O)NCc2ccco2)nn1. The molecule has 2 aromatic rings. The molecule has 0 aliphatic heterocycles. The molecule has 2 N–H and O–H groups in total.